The van der Waals surface area contributed by atoms with Crippen LogP contribution in [0.3, 0.4) is 0 Å². The first-order valence-corrected chi connectivity index (χ1v) is 7.31. The molecule has 2 atom stereocenters. The molecule has 1 saturated heterocycles. The number of nitrogens with one attached hydrogen (secondary N) is 1. The van der Waals surface area contributed by atoms with Crippen molar-refractivity contribution in [2.75, 3.05) is 40.0 Å². The second-order valence-electron chi connectivity index (χ2n) is 5.42. The highest BCUT2D eigenvalue weighted by molar-refractivity contribution is 4.86. The first-order chi connectivity index (χ1) is 8.67. The van der Waals surface area contributed by atoms with Crippen molar-refractivity contribution in [3.63, 3.8) is 0 Å². The quantitative estimate of drug-likeness (QED) is 0.653. The molecule has 0 aromatic carbocycles. The van der Waals surface area contributed by atoms with Crippen molar-refractivity contribution >= 4 is 0 Å². The predicted molar refractivity (Wildman–Crippen MR) is 74.9 cm³/mol. The van der Waals surface area contributed by atoms with Crippen LogP contribution in [0.2, 0.25) is 0 Å². The van der Waals surface area contributed by atoms with Crippen LogP contribution in [0.1, 0.15) is 39.5 Å². The molecular formula is C14H30N2O2. The minimum Gasteiger partial charge on any atom is -0.394 e. The molecule has 0 aromatic rings. The summed E-state index contributed by atoms with van der Waals surface area (Å²) in [4.78, 5) is 2.40. The fourth-order valence-electron chi connectivity index (χ4n) is 2.73. The van der Waals surface area contributed by atoms with Crippen LogP contribution in [0.5, 0.6) is 0 Å². The van der Waals surface area contributed by atoms with Crippen LogP contribution < -0.4 is 5.32 Å². The van der Waals surface area contributed by atoms with Crippen LogP contribution in [0, 0.1) is 0 Å². The summed E-state index contributed by atoms with van der Waals surface area (Å²) in [6.45, 7) is 8.26. The first kappa shape index (κ1) is 15.9. The molecule has 1 rings (SSSR count). The molecule has 4 nitrogen and oxygen atoms in total. The Hall–Kier alpha value is -0.160. The maximum absolute atomic E-state index is 9.59. The number of nitrogens with zero attached hydrogens (tertiary/aromatic N) is 1. The van der Waals surface area contributed by atoms with Crippen LogP contribution in [-0.2, 0) is 4.74 Å². The summed E-state index contributed by atoms with van der Waals surface area (Å²) in [5, 5.41) is 13.0. The molecule has 18 heavy (non-hydrogen) atoms. The van der Waals surface area contributed by atoms with Gasteiger partial charge in [0.05, 0.1) is 13.2 Å². The third-order valence-electron chi connectivity index (χ3n) is 4.23. The van der Waals surface area contributed by atoms with Crippen LogP contribution in [0.15, 0.2) is 0 Å². The smallest absolute Gasteiger partial charge is 0.0622 e. The van der Waals surface area contributed by atoms with Gasteiger partial charge in [-0.1, -0.05) is 13.8 Å². The third kappa shape index (κ3) is 4.50. The molecule has 1 aliphatic heterocycles. The summed E-state index contributed by atoms with van der Waals surface area (Å²) in [5.74, 6) is 0. The van der Waals surface area contributed by atoms with Crippen LogP contribution in [0.25, 0.3) is 0 Å². The van der Waals surface area contributed by atoms with Crippen molar-refractivity contribution in [3.8, 4) is 0 Å². The Bertz CT molecular complexity index is 214. The van der Waals surface area contributed by atoms with Crippen LogP contribution in [-0.4, -0.2) is 61.5 Å². The van der Waals surface area contributed by atoms with E-state index in [9.17, 15) is 5.11 Å². The Morgan fingerprint density at radius 1 is 1.44 bits per heavy atom. The lowest BCUT2D eigenvalue weighted by Crippen LogP contribution is -2.48. The van der Waals surface area contributed by atoms with E-state index in [4.69, 9.17) is 4.74 Å². The van der Waals surface area contributed by atoms with Gasteiger partial charge in [0.25, 0.3) is 0 Å². The molecule has 1 fully saturated rings. The molecule has 0 radical (unpaired) electrons. The van der Waals surface area contributed by atoms with E-state index >= 15 is 0 Å². The molecule has 0 spiro atoms. The summed E-state index contributed by atoms with van der Waals surface area (Å²) in [6.07, 6.45) is 4.29. The molecule has 2 N–H and O–H groups in total. The number of aliphatic hydroxyl groups is 1. The van der Waals surface area contributed by atoms with E-state index in [0.29, 0.717) is 6.04 Å². The molecule has 1 heterocycles. The Morgan fingerprint density at radius 3 is 2.72 bits per heavy atom. The normalized spacial score (nSPS) is 23.5. The number of aliphatic hydroxyl groups excluding tert-OH is 1. The summed E-state index contributed by atoms with van der Waals surface area (Å²) in [7, 11) is 2.18. The lowest BCUT2D eigenvalue weighted by molar-refractivity contribution is 0.132. The van der Waals surface area contributed by atoms with E-state index in [-0.39, 0.29) is 12.1 Å². The number of likely N-dealkylation sites (N-methyl/N-ethyl adjacent to an activating group) is 2. The number of rotatable bonds is 9. The average Bonchev–Trinajstić information content (AvgIpc) is 2.91. The molecule has 108 valence electrons. The Morgan fingerprint density at radius 2 is 2.22 bits per heavy atom. The second kappa shape index (κ2) is 8.10. The van der Waals surface area contributed by atoms with Crippen LogP contribution >= 0.6 is 0 Å². The molecule has 4 heteroatoms. The van der Waals surface area contributed by atoms with Gasteiger partial charge in [-0.25, -0.2) is 0 Å². The molecule has 0 amide bonds. The number of hydrogen-bond donors (Lipinski definition) is 2. The molecule has 0 saturated carbocycles. The Balaban J connectivity index is 2.29. The SMILES string of the molecule is CCNC(CC)(CO)CCCN(C)C1CCOC1. The zero-order valence-electron chi connectivity index (χ0n) is 12.2. The lowest BCUT2D eigenvalue weighted by Gasteiger charge is -2.33. The minimum atomic E-state index is -0.0816. The molecule has 1 aliphatic rings. The lowest BCUT2D eigenvalue weighted by atomic mass is 9.91. The molecular weight excluding hydrogens is 228 g/mol. The van der Waals surface area contributed by atoms with E-state index in [2.05, 4.69) is 31.1 Å². The van der Waals surface area contributed by atoms with Gasteiger partial charge in [0.2, 0.25) is 0 Å². The van der Waals surface area contributed by atoms with Gasteiger partial charge < -0.3 is 20.1 Å². The predicted octanol–water partition coefficient (Wildman–Crippen LogP) is 1.24. The largest absolute Gasteiger partial charge is 0.394 e. The van der Waals surface area contributed by atoms with Crippen molar-refractivity contribution in [1.82, 2.24) is 10.2 Å². The van der Waals surface area contributed by atoms with Crippen molar-refractivity contribution in [2.24, 2.45) is 0 Å². The minimum absolute atomic E-state index is 0.0816. The molecule has 0 bridgehead atoms. The average molecular weight is 258 g/mol. The fourth-order valence-corrected chi connectivity index (χ4v) is 2.73. The highest BCUT2D eigenvalue weighted by atomic mass is 16.5. The van der Waals surface area contributed by atoms with Crippen molar-refractivity contribution in [2.45, 2.75) is 51.1 Å². The fraction of sp³-hybridized carbons (Fsp3) is 1.00. The van der Waals surface area contributed by atoms with Gasteiger partial charge in [-0.2, -0.15) is 0 Å². The first-order valence-electron chi connectivity index (χ1n) is 7.31. The van der Waals surface area contributed by atoms with Gasteiger partial charge >= 0.3 is 0 Å². The van der Waals surface area contributed by atoms with Crippen molar-refractivity contribution in [3.05, 3.63) is 0 Å². The maximum atomic E-state index is 9.59. The maximum Gasteiger partial charge on any atom is 0.0622 e. The zero-order valence-corrected chi connectivity index (χ0v) is 12.2. The topological polar surface area (TPSA) is 44.7 Å². The summed E-state index contributed by atoms with van der Waals surface area (Å²) in [5.41, 5.74) is -0.0816. The van der Waals surface area contributed by atoms with Gasteiger partial charge in [-0.3, -0.25) is 0 Å². The van der Waals surface area contributed by atoms with E-state index in [1.54, 1.807) is 0 Å². The highest BCUT2D eigenvalue weighted by Crippen LogP contribution is 2.18. The number of ether oxygens (including phenoxy) is 1. The van der Waals surface area contributed by atoms with Crippen LogP contribution in [0.4, 0.5) is 0 Å². The van der Waals surface area contributed by atoms with E-state index in [1.807, 2.05) is 0 Å². The summed E-state index contributed by atoms with van der Waals surface area (Å²) < 4.78 is 5.41. The van der Waals surface area contributed by atoms with Crippen molar-refractivity contribution < 1.29 is 9.84 Å². The van der Waals surface area contributed by atoms with E-state index in [0.717, 1.165) is 52.0 Å². The van der Waals surface area contributed by atoms with Crippen molar-refractivity contribution in [1.29, 1.82) is 0 Å². The van der Waals surface area contributed by atoms with Gasteiger partial charge in [0.15, 0.2) is 0 Å². The van der Waals surface area contributed by atoms with Gasteiger partial charge in [0.1, 0.15) is 0 Å². The molecule has 0 aromatic heterocycles. The van der Waals surface area contributed by atoms with E-state index < -0.39 is 0 Å². The summed E-state index contributed by atoms with van der Waals surface area (Å²) >= 11 is 0. The standard InChI is InChI=1S/C14H30N2O2/c1-4-14(12-17,15-5-2)8-6-9-16(3)13-7-10-18-11-13/h13,15,17H,4-12H2,1-3H3. The summed E-state index contributed by atoms with van der Waals surface area (Å²) in [6, 6.07) is 0.592. The molecule has 2 unspecified atom stereocenters. The monoisotopic (exact) mass is 258 g/mol. The Labute approximate surface area is 112 Å². The van der Waals surface area contributed by atoms with Gasteiger partial charge in [-0.05, 0) is 45.8 Å². The number of hydrogen-bond acceptors (Lipinski definition) is 4. The highest BCUT2D eigenvalue weighted by Gasteiger charge is 2.26. The second-order valence-corrected chi connectivity index (χ2v) is 5.42. The van der Waals surface area contributed by atoms with Gasteiger partial charge in [-0.15, -0.1) is 0 Å². The zero-order chi connectivity index (χ0) is 13.4. The molecule has 0 aliphatic carbocycles. The Kier molecular flexibility index (Phi) is 7.15. The third-order valence-corrected chi connectivity index (χ3v) is 4.23. The van der Waals surface area contributed by atoms with Gasteiger partial charge in [0, 0.05) is 18.2 Å². The van der Waals surface area contributed by atoms with E-state index in [1.165, 1.54) is 0 Å².